The topological polar surface area (TPSA) is 51.1 Å². The Morgan fingerprint density at radius 1 is 1.19 bits per heavy atom. The molecular weight excluding hydrogens is 432 g/mol. The minimum absolute atomic E-state index is 0.109. The summed E-state index contributed by atoms with van der Waals surface area (Å²) in [6.45, 7) is 6.11. The minimum atomic E-state index is -0.178. The summed E-state index contributed by atoms with van der Waals surface area (Å²) in [5.74, 6) is 2.07. The maximum absolute atomic E-state index is 13.3. The lowest BCUT2D eigenvalue weighted by atomic mass is 10.2. The van der Waals surface area contributed by atoms with E-state index in [1.54, 1.807) is 42.0 Å². The van der Waals surface area contributed by atoms with Gasteiger partial charge in [-0.3, -0.25) is 9.69 Å². The van der Waals surface area contributed by atoms with E-state index in [4.69, 9.17) is 21.1 Å². The van der Waals surface area contributed by atoms with Crippen molar-refractivity contribution in [3.63, 3.8) is 0 Å². The first-order valence-electron chi connectivity index (χ1n) is 10.3. The summed E-state index contributed by atoms with van der Waals surface area (Å²) in [6.07, 6.45) is 4.03. The molecule has 0 saturated heterocycles. The van der Waals surface area contributed by atoms with Gasteiger partial charge in [-0.15, -0.1) is 0 Å². The number of methoxy groups -OCH3 is 1. The van der Waals surface area contributed by atoms with Crippen LogP contribution in [0.4, 0.5) is 5.69 Å². The molecule has 164 valence electrons. The highest BCUT2D eigenvalue weighted by atomic mass is 35.5. The fourth-order valence-corrected chi connectivity index (χ4v) is 4.34. The van der Waals surface area contributed by atoms with E-state index in [0.717, 1.165) is 29.9 Å². The zero-order chi connectivity index (χ0) is 22.4. The number of aliphatic imine (C=N–C) groups is 1. The van der Waals surface area contributed by atoms with Gasteiger partial charge in [-0.25, -0.2) is 4.99 Å². The first kappa shape index (κ1) is 23.2. The van der Waals surface area contributed by atoms with Crippen LogP contribution in [0.15, 0.2) is 53.2 Å². The Morgan fingerprint density at radius 3 is 2.55 bits per heavy atom. The molecular formula is C24H27ClN2O3S. The number of nitrogens with zero attached hydrogens (tertiary/aromatic N) is 2. The molecule has 31 heavy (non-hydrogen) atoms. The Labute approximate surface area is 193 Å². The molecule has 7 heteroatoms. The fourth-order valence-electron chi connectivity index (χ4n) is 3.00. The van der Waals surface area contributed by atoms with Gasteiger partial charge >= 0.3 is 0 Å². The van der Waals surface area contributed by atoms with Crippen molar-refractivity contribution >= 4 is 46.2 Å². The molecule has 0 N–H and O–H groups in total. The Hall–Kier alpha value is -2.44. The predicted molar refractivity (Wildman–Crippen MR) is 130 cm³/mol. The van der Waals surface area contributed by atoms with Crippen molar-refractivity contribution in [1.29, 1.82) is 0 Å². The molecule has 0 spiro atoms. The normalized spacial score (nSPS) is 15.0. The van der Waals surface area contributed by atoms with E-state index >= 15 is 0 Å². The van der Waals surface area contributed by atoms with Crippen LogP contribution in [-0.2, 0) is 4.79 Å². The van der Waals surface area contributed by atoms with Gasteiger partial charge in [-0.2, -0.15) is 0 Å². The monoisotopic (exact) mass is 458 g/mol. The van der Waals surface area contributed by atoms with Crippen molar-refractivity contribution in [2.24, 2.45) is 4.99 Å². The van der Waals surface area contributed by atoms with Crippen LogP contribution in [0.5, 0.6) is 11.5 Å². The second-order valence-corrected chi connectivity index (χ2v) is 8.79. The molecule has 1 aliphatic rings. The standard InChI is InChI=1S/C24H27ClN2O3S/c1-5-6-13-31-24-26-21(14-17-7-10-19(11-8-17)30-16(2)3)23(28)27(24)18-9-12-22(29-4)20(25)15-18/h7-12,14-16H,5-6,13H2,1-4H3. The Kier molecular flexibility index (Phi) is 8.04. The van der Waals surface area contributed by atoms with Gasteiger partial charge in [0.15, 0.2) is 5.17 Å². The number of benzene rings is 2. The van der Waals surface area contributed by atoms with Crippen molar-refractivity contribution in [3.8, 4) is 11.5 Å². The van der Waals surface area contributed by atoms with Crippen molar-refractivity contribution in [3.05, 3.63) is 58.7 Å². The van der Waals surface area contributed by atoms with Crippen molar-refractivity contribution in [1.82, 2.24) is 0 Å². The fraction of sp³-hybridized carbons (Fsp3) is 0.333. The first-order chi connectivity index (χ1) is 14.9. The minimum Gasteiger partial charge on any atom is -0.495 e. The Morgan fingerprint density at radius 2 is 1.94 bits per heavy atom. The predicted octanol–water partition coefficient (Wildman–Crippen LogP) is 6.41. The van der Waals surface area contributed by atoms with E-state index in [-0.39, 0.29) is 12.0 Å². The maximum Gasteiger partial charge on any atom is 0.283 e. The summed E-state index contributed by atoms with van der Waals surface area (Å²) >= 11 is 7.89. The summed E-state index contributed by atoms with van der Waals surface area (Å²) in [5.41, 5.74) is 1.95. The molecule has 0 aliphatic carbocycles. The van der Waals surface area contributed by atoms with Gasteiger partial charge in [-0.05, 0) is 62.2 Å². The number of anilines is 1. The highest BCUT2D eigenvalue weighted by Crippen LogP contribution is 2.34. The summed E-state index contributed by atoms with van der Waals surface area (Å²) in [4.78, 5) is 19.5. The second kappa shape index (κ2) is 10.7. The molecule has 0 saturated carbocycles. The molecule has 5 nitrogen and oxygen atoms in total. The van der Waals surface area contributed by atoms with Gasteiger partial charge in [-0.1, -0.05) is 48.8 Å². The SMILES string of the molecule is CCCCSC1=NC(=Cc2ccc(OC(C)C)cc2)C(=O)N1c1ccc(OC)c(Cl)c1. The van der Waals surface area contributed by atoms with E-state index < -0.39 is 0 Å². The van der Waals surface area contributed by atoms with Crippen LogP contribution in [0.25, 0.3) is 6.08 Å². The van der Waals surface area contributed by atoms with Crippen molar-refractivity contribution < 1.29 is 14.3 Å². The van der Waals surface area contributed by atoms with Gasteiger partial charge in [0.1, 0.15) is 17.2 Å². The molecule has 0 atom stereocenters. The van der Waals surface area contributed by atoms with E-state index in [1.807, 2.05) is 44.2 Å². The van der Waals surface area contributed by atoms with Crippen LogP contribution in [0.2, 0.25) is 5.02 Å². The lowest BCUT2D eigenvalue weighted by molar-refractivity contribution is -0.113. The van der Waals surface area contributed by atoms with Crippen molar-refractivity contribution in [2.75, 3.05) is 17.8 Å². The first-order valence-corrected chi connectivity index (χ1v) is 11.7. The number of carbonyl (C=O) groups excluding carboxylic acids is 1. The number of ether oxygens (including phenoxy) is 2. The van der Waals surface area contributed by atoms with E-state index in [1.165, 1.54) is 0 Å². The smallest absolute Gasteiger partial charge is 0.283 e. The molecule has 0 aromatic heterocycles. The van der Waals surface area contributed by atoms with Crippen LogP contribution in [0.1, 0.15) is 39.2 Å². The van der Waals surface area contributed by atoms with Crippen molar-refractivity contribution in [2.45, 2.75) is 39.7 Å². The van der Waals surface area contributed by atoms with Gasteiger partial charge in [0.25, 0.3) is 5.91 Å². The number of hydrogen-bond acceptors (Lipinski definition) is 5. The molecule has 1 heterocycles. The number of carbonyl (C=O) groups is 1. The molecule has 1 amide bonds. The molecule has 0 bridgehead atoms. The van der Waals surface area contributed by atoms with Crippen LogP contribution >= 0.6 is 23.4 Å². The van der Waals surface area contributed by atoms with E-state index in [0.29, 0.717) is 27.3 Å². The maximum atomic E-state index is 13.3. The summed E-state index contributed by atoms with van der Waals surface area (Å²) in [5, 5.41) is 1.11. The number of thioether (sulfide) groups is 1. The molecule has 0 radical (unpaired) electrons. The highest BCUT2D eigenvalue weighted by Gasteiger charge is 2.32. The van der Waals surface area contributed by atoms with Gasteiger partial charge in [0.2, 0.25) is 0 Å². The van der Waals surface area contributed by atoms with Gasteiger partial charge < -0.3 is 9.47 Å². The summed E-state index contributed by atoms with van der Waals surface area (Å²) < 4.78 is 10.9. The Balaban J connectivity index is 1.90. The largest absolute Gasteiger partial charge is 0.495 e. The van der Waals surface area contributed by atoms with E-state index in [2.05, 4.69) is 11.9 Å². The highest BCUT2D eigenvalue weighted by molar-refractivity contribution is 8.14. The zero-order valence-corrected chi connectivity index (χ0v) is 19.8. The summed E-state index contributed by atoms with van der Waals surface area (Å²) in [6, 6.07) is 12.9. The third-order valence-corrected chi connectivity index (χ3v) is 5.83. The third kappa shape index (κ3) is 5.83. The van der Waals surface area contributed by atoms with E-state index in [9.17, 15) is 4.79 Å². The van der Waals surface area contributed by atoms with Gasteiger partial charge in [0, 0.05) is 5.75 Å². The molecule has 2 aromatic rings. The quantitative estimate of drug-likeness (QED) is 0.338. The Bertz CT molecular complexity index is 987. The van der Waals surface area contributed by atoms with Crippen LogP contribution < -0.4 is 14.4 Å². The second-order valence-electron chi connectivity index (χ2n) is 7.32. The number of hydrogen-bond donors (Lipinski definition) is 0. The zero-order valence-electron chi connectivity index (χ0n) is 18.2. The molecule has 3 rings (SSSR count). The molecule has 2 aromatic carbocycles. The lowest BCUT2D eigenvalue weighted by Crippen LogP contribution is -2.30. The van der Waals surface area contributed by atoms with Crippen LogP contribution in [-0.4, -0.2) is 30.0 Å². The number of rotatable bonds is 8. The number of amides is 1. The third-order valence-electron chi connectivity index (χ3n) is 4.51. The lowest BCUT2D eigenvalue weighted by Gasteiger charge is -2.18. The van der Waals surface area contributed by atoms with Gasteiger partial charge in [0.05, 0.1) is 23.9 Å². The molecule has 1 aliphatic heterocycles. The number of amidine groups is 1. The summed E-state index contributed by atoms with van der Waals surface area (Å²) in [7, 11) is 1.56. The average molecular weight is 459 g/mol. The molecule has 0 fully saturated rings. The number of unbranched alkanes of at least 4 members (excludes halogenated alkanes) is 1. The average Bonchev–Trinajstić information content (AvgIpc) is 3.04. The molecule has 0 unspecified atom stereocenters. The van der Waals surface area contributed by atoms with Crippen LogP contribution in [0.3, 0.4) is 0 Å². The number of halogens is 1. The van der Waals surface area contributed by atoms with Crippen LogP contribution in [0, 0.1) is 0 Å².